The number of aromatic amines is 1. The number of carboxylic acid groups (broad SMARTS) is 1. The molecule has 0 aliphatic heterocycles. The molecular formula is C8H7N3O2S. The lowest BCUT2D eigenvalue weighted by atomic mass is 10.4. The second-order valence-corrected chi connectivity index (χ2v) is 3.68. The van der Waals surface area contributed by atoms with Crippen LogP contribution in [0.3, 0.4) is 0 Å². The minimum absolute atomic E-state index is 0.261. The van der Waals surface area contributed by atoms with E-state index >= 15 is 0 Å². The number of imidazole rings is 1. The summed E-state index contributed by atoms with van der Waals surface area (Å²) >= 11 is 1.12. The average molecular weight is 209 g/mol. The Morgan fingerprint density at radius 2 is 2.43 bits per heavy atom. The predicted molar refractivity (Wildman–Crippen MR) is 51.4 cm³/mol. The number of aromatic nitrogens is 3. The average Bonchev–Trinajstić information content (AvgIpc) is 2.70. The van der Waals surface area contributed by atoms with Crippen LogP contribution in [0.5, 0.6) is 0 Å². The van der Waals surface area contributed by atoms with Crippen molar-refractivity contribution in [2.24, 2.45) is 0 Å². The molecule has 0 aromatic carbocycles. The van der Waals surface area contributed by atoms with Crippen molar-refractivity contribution in [1.82, 2.24) is 15.0 Å². The van der Waals surface area contributed by atoms with Crippen molar-refractivity contribution in [2.45, 2.75) is 6.92 Å². The molecule has 0 bridgehead atoms. The Hall–Kier alpha value is -1.69. The van der Waals surface area contributed by atoms with Gasteiger partial charge < -0.3 is 10.1 Å². The summed E-state index contributed by atoms with van der Waals surface area (Å²) in [4.78, 5) is 22.0. The van der Waals surface area contributed by atoms with Crippen LogP contribution in [0.15, 0.2) is 12.4 Å². The molecule has 72 valence electrons. The fourth-order valence-electron chi connectivity index (χ4n) is 1.08. The molecule has 0 fully saturated rings. The number of carboxylic acids is 1. The van der Waals surface area contributed by atoms with Crippen molar-refractivity contribution in [3.05, 3.63) is 23.0 Å². The first-order valence-electron chi connectivity index (χ1n) is 3.89. The van der Waals surface area contributed by atoms with Gasteiger partial charge in [-0.25, -0.2) is 14.8 Å². The number of thiazole rings is 1. The number of H-pyrrole nitrogens is 1. The second kappa shape index (κ2) is 3.22. The van der Waals surface area contributed by atoms with E-state index in [4.69, 9.17) is 5.11 Å². The summed E-state index contributed by atoms with van der Waals surface area (Å²) in [6.45, 7) is 1.67. The molecule has 2 aromatic rings. The molecule has 14 heavy (non-hydrogen) atoms. The van der Waals surface area contributed by atoms with E-state index < -0.39 is 5.97 Å². The highest BCUT2D eigenvalue weighted by Crippen LogP contribution is 2.24. The SMILES string of the molecule is Cc1nc(-c2ncc[nH]2)sc1C(=O)O. The van der Waals surface area contributed by atoms with E-state index in [1.165, 1.54) is 0 Å². The van der Waals surface area contributed by atoms with Crippen LogP contribution in [0, 0.1) is 6.92 Å². The van der Waals surface area contributed by atoms with Crippen molar-refractivity contribution < 1.29 is 9.90 Å². The molecule has 2 rings (SSSR count). The summed E-state index contributed by atoms with van der Waals surface area (Å²) in [6.07, 6.45) is 3.28. The first-order chi connectivity index (χ1) is 6.68. The first-order valence-corrected chi connectivity index (χ1v) is 4.70. The van der Waals surface area contributed by atoms with E-state index in [2.05, 4.69) is 15.0 Å². The molecule has 2 N–H and O–H groups in total. The van der Waals surface area contributed by atoms with Gasteiger partial charge in [0.05, 0.1) is 5.69 Å². The Morgan fingerprint density at radius 3 is 2.93 bits per heavy atom. The third kappa shape index (κ3) is 1.39. The summed E-state index contributed by atoms with van der Waals surface area (Å²) in [5.41, 5.74) is 0.522. The summed E-state index contributed by atoms with van der Waals surface area (Å²) in [6, 6.07) is 0. The van der Waals surface area contributed by atoms with Gasteiger partial charge in [0.15, 0.2) is 10.8 Å². The van der Waals surface area contributed by atoms with Crippen LogP contribution in [-0.2, 0) is 0 Å². The zero-order valence-corrected chi connectivity index (χ0v) is 8.13. The Kier molecular flexibility index (Phi) is 2.05. The maximum absolute atomic E-state index is 10.7. The normalized spacial score (nSPS) is 10.4. The number of aryl methyl sites for hydroxylation is 1. The number of rotatable bonds is 2. The van der Waals surface area contributed by atoms with Crippen molar-refractivity contribution in [3.8, 4) is 10.8 Å². The zero-order chi connectivity index (χ0) is 10.1. The smallest absolute Gasteiger partial charge is 0.347 e. The van der Waals surface area contributed by atoms with Crippen molar-refractivity contribution >= 4 is 17.3 Å². The molecule has 0 amide bonds. The number of aromatic carboxylic acids is 1. The third-order valence-electron chi connectivity index (χ3n) is 1.69. The fraction of sp³-hybridized carbons (Fsp3) is 0.125. The zero-order valence-electron chi connectivity index (χ0n) is 7.31. The molecule has 0 spiro atoms. The van der Waals surface area contributed by atoms with Gasteiger partial charge in [-0.1, -0.05) is 0 Å². The minimum Gasteiger partial charge on any atom is -0.477 e. The Bertz CT molecular complexity index is 461. The van der Waals surface area contributed by atoms with E-state index in [0.717, 1.165) is 11.3 Å². The van der Waals surface area contributed by atoms with Crippen LogP contribution >= 0.6 is 11.3 Å². The summed E-state index contributed by atoms with van der Waals surface area (Å²) in [5, 5.41) is 9.42. The topological polar surface area (TPSA) is 78.9 Å². The number of carbonyl (C=O) groups is 1. The number of nitrogens with one attached hydrogen (secondary N) is 1. The Morgan fingerprint density at radius 1 is 1.64 bits per heavy atom. The number of hydrogen-bond donors (Lipinski definition) is 2. The molecule has 2 heterocycles. The van der Waals surface area contributed by atoms with Gasteiger partial charge in [0, 0.05) is 12.4 Å². The van der Waals surface area contributed by atoms with Crippen LogP contribution < -0.4 is 0 Å². The predicted octanol–water partition coefficient (Wildman–Crippen LogP) is 1.54. The molecule has 0 saturated carbocycles. The highest BCUT2D eigenvalue weighted by molar-refractivity contribution is 7.16. The Labute approximate surface area is 83.5 Å². The summed E-state index contributed by atoms with van der Waals surface area (Å²) in [5.74, 6) is -0.344. The minimum atomic E-state index is -0.946. The number of hydrogen-bond acceptors (Lipinski definition) is 4. The summed E-state index contributed by atoms with van der Waals surface area (Å²) in [7, 11) is 0. The lowest BCUT2D eigenvalue weighted by Gasteiger charge is -1.85. The molecule has 0 saturated heterocycles. The van der Waals surface area contributed by atoms with E-state index in [1.54, 1.807) is 19.3 Å². The van der Waals surface area contributed by atoms with E-state index in [-0.39, 0.29) is 4.88 Å². The maximum Gasteiger partial charge on any atom is 0.347 e. The third-order valence-corrected chi connectivity index (χ3v) is 2.84. The standard InChI is InChI=1S/C8H7N3O2S/c1-4-5(8(12)13)14-7(11-4)6-9-2-3-10-6/h2-3H,1H3,(H,9,10)(H,12,13). The largest absolute Gasteiger partial charge is 0.477 e. The molecule has 5 nitrogen and oxygen atoms in total. The molecule has 0 aliphatic carbocycles. The van der Waals surface area contributed by atoms with E-state index in [0.29, 0.717) is 16.5 Å². The molecular weight excluding hydrogens is 202 g/mol. The monoisotopic (exact) mass is 209 g/mol. The highest BCUT2D eigenvalue weighted by Gasteiger charge is 2.15. The molecule has 2 aromatic heterocycles. The van der Waals surface area contributed by atoms with Crippen LogP contribution in [0.2, 0.25) is 0 Å². The van der Waals surface area contributed by atoms with Crippen LogP contribution in [-0.4, -0.2) is 26.0 Å². The van der Waals surface area contributed by atoms with Gasteiger partial charge in [0.1, 0.15) is 4.88 Å². The van der Waals surface area contributed by atoms with E-state index in [9.17, 15) is 4.79 Å². The Balaban J connectivity index is 2.48. The van der Waals surface area contributed by atoms with Gasteiger partial charge in [-0.15, -0.1) is 11.3 Å². The first kappa shape index (κ1) is 8.89. The van der Waals surface area contributed by atoms with Crippen molar-refractivity contribution in [2.75, 3.05) is 0 Å². The maximum atomic E-state index is 10.7. The molecule has 0 radical (unpaired) electrons. The summed E-state index contributed by atoms with van der Waals surface area (Å²) < 4.78 is 0. The van der Waals surface area contributed by atoms with Gasteiger partial charge in [-0.05, 0) is 6.92 Å². The van der Waals surface area contributed by atoms with Crippen LogP contribution in [0.25, 0.3) is 10.8 Å². The van der Waals surface area contributed by atoms with E-state index in [1.807, 2.05) is 0 Å². The molecule has 0 aliphatic rings. The lowest BCUT2D eigenvalue weighted by molar-refractivity contribution is 0.0701. The van der Waals surface area contributed by atoms with Gasteiger partial charge in [0.2, 0.25) is 0 Å². The highest BCUT2D eigenvalue weighted by atomic mass is 32.1. The number of nitrogens with zero attached hydrogens (tertiary/aromatic N) is 2. The van der Waals surface area contributed by atoms with Gasteiger partial charge >= 0.3 is 5.97 Å². The molecule has 0 unspecified atom stereocenters. The quantitative estimate of drug-likeness (QED) is 0.786. The van der Waals surface area contributed by atoms with Gasteiger partial charge in [-0.2, -0.15) is 0 Å². The van der Waals surface area contributed by atoms with Crippen LogP contribution in [0.1, 0.15) is 15.4 Å². The van der Waals surface area contributed by atoms with Crippen molar-refractivity contribution in [1.29, 1.82) is 0 Å². The molecule has 6 heteroatoms. The fourth-order valence-corrected chi connectivity index (χ4v) is 1.94. The van der Waals surface area contributed by atoms with Crippen LogP contribution in [0.4, 0.5) is 0 Å². The van der Waals surface area contributed by atoms with Crippen molar-refractivity contribution in [3.63, 3.8) is 0 Å². The second-order valence-electron chi connectivity index (χ2n) is 2.68. The molecule has 0 atom stereocenters. The van der Waals surface area contributed by atoms with Gasteiger partial charge in [0.25, 0.3) is 0 Å². The lowest BCUT2D eigenvalue weighted by Crippen LogP contribution is -1.94. The van der Waals surface area contributed by atoms with Gasteiger partial charge in [-0.3, -0.25) is 0 Å².